The van der Waals surface area contributed by atoms with Crippen molar-refractivity contribution in [1.29, 1.82) is 0 Å². The molecule has 0 spiro atoms. The van der Waals surface area contributed by atoms with Crippen LogP contribution in [0.5, 0.6) is 0 Å². The lowest BCUT2D eigenvalue weighted by Gasteiger charge is -2.03. The summed E-state index contributed by atoms with van der Waals surface area (Å²) in [5.41, 5.74) is 7.12. The van der Waals surface area contributed by atoms with Gasteiger partial charge in [-0.2, -0.15) is 9.67 Å². The minimum Gasteiger partial charge on any atom is -0.368 e. The van der Waals surface area contributed by atoms with Crippen molar-refractivity contribution in [2.75, 3.05) is 11.1 Å². The van der Waals surface area contributed by atoms with Gasteiger partial charge in [0.1, 0.15) is 0 Å². The summed E-state index contributed by atoms with van der Waals surface area (Å²) in [5, 5.41) is 12.0. The molecule has 4 rings (SSSR count). The van der Waals surface area contributed by atoms with Crippen LogP contribution in [-0.4, -0.2) is 34.1 Å². The topological polar surface area (TPSA) is 159 Å². The normalized spacial score (nSPS) is 11.4. The van der Waals surface area contributed by atoms with Gasteiger partial charge in [0.25, 0.3) is 5.91 Å². The van der Waals surface area contributed by atoms with Gasteiger partial charge < -0.3 is 11.1 Å². The van der Waals surface area contributed by atoms with E-state index in [9.17, 15) is 13.2 Å². The number of benzene rings is 1. The number of nitrogens with zero attached hydrogens (tertiary/aromatic N) is 4. The van der Waals surface area contributed by atoms with E-state index in [1.165, 1.54) is 35.6 Å². The molecule has 30 heavy (non-hydrogen) atoms. The first-order chi connectivity index (χ1) is 14.3. The van der Waals surface area contributed by atoms with Crippen LogP contribution in [-0.2, 0) is 10.0 Å². The second kappa shape index (κ2) is 7.67. The number of rotatable bonds is 5. The number of pyridine rings is 1. The monoisotopic (exact) mass is 441 g/mol. The van der Waals surface area contributed by atoms with Crippen LogP contribution >= 0.6 is 11.3 Å². The number of aromatic nitrogens is 4. The van der Waals surface area contributed by atoms with E-state index in [1.54, 1.807) is 18.3 Å². The molecular formula is C18H15N7O3S2. The van der Waals surface area contributed by atoms with Gasteiger partial charge in [-0.1, -0.05) is 6.07 Å². The standard InChI is InChI=1S/C18H15N7O3S2/c19-17-23-18(22-11-4-6-12(7-5-11)30(20,27)28)24-25(17)16(26)15-9-8-14(29-15)13-3-1-2-10-21-13/h1-10H,(H2,20,27,28)(H3,19,22,23,24). The summed E-state index contributed by atoms with van der Waals surface area (Å²) in [7, 11) is -3.79. The van der Waals surface area contributed by atoms with Crippen molar-refractivity contribution in [2.24, 2.45) is 5.14 Å². The van der Waals surface area contributed by atoms with Crippen molar-refractivity contribution in [3.8, 4) is 10.6 Å². The molecule has 1 aromatic carbocycles. The number of carbonyl (C=O) groups excluding carboxylic acids is 1. The number of carbonyl (C=O) groups is 1. The van der Waals surface area contributed by atoms with Gasteiger partial charge in [0.05, 0.1) is 20.3 Å². The predicted molar refractivity (Wildman–Crippen MR) is 113 cm³/mol. The first kappa shape index (κ1) is 19.7. The molecule has 10 nitrogen and oxygen atoms in total. The lowest BCUT2D eigenvalue weighted by molar-refractivity contribution is 0.0952. The van der Waals surface area contributed by atoms with Crippen LogP contribution in [0.1, 0.15) is 9.67 Å². The van der Waals surface area contributed by atoms with Crippen LogP contribution in [0.15, 0.2) is 65.7 Å². The molecule has 0 aliphatic rings. The number of thiophene rings is 1. The molecule has 0 radical (unpaired) electrons. The van der Waals surface area contributed by atoms with Gasteiger partial charge in [-0.15, -0.1) is 16.4 Å². The van der Waals surface area contributed by atoms with Crippen molar-refractivity contribution < 1.29 is 13.2 Å². The van der Waals surface area contributed by atoms with E-state index in [2.05, 4.69) is 20.4 Å². The summed E-state index contributed by atoms with van der Waals surface area (Å²) < 4.78 is 23.6. The molecule has 5 N–H and O–H groups in total. The Labute approximate surface area is 175 Å². The number of hydrogen-bond donors (Lipinski definition) is 3. The predicted octanol–water partition coefficient (Wildman–Crippen LogP) is 2.06. The maximum absolute atomic E-state index is 12.8. The largest absolute Gasteiger partial charge is 0.368 e. The van der Waals surface area contributed by atoms with Gasteiger partial charge in [0, 0.05) is 11.9 Å². The Hall–Kier alpha value is -3.61. The number of nitrogens with one attached hydrogen (secondary N) is 1. The zero-order valence-corrected chi connectivity index (χ0v) is 16.9. The lowest BCUT2D eigenvalue weighted by atomic mass is 10.3. The van der Waals surface area contributed by atoms with Crippen molar-refractivity contribution in [2.45, 2.75) is 4.90 Å². The van der Waals surface area contributed by atoms with E-state index in [1.807, 2.05) is 18.2 Å². The number of nitrogen functional groups attached to an aromatic ring is 1. The molecule has 4 aromatic rings. The highest BCUT2D eigenvalue weighted by Gasteiger charge is 2.19. The maximum atomic E-state index is 12.8. The molecule has 0 aliphatic heterocycles. The number of nitrogens with two attached hydrogens (primary N) is 2. The van der Waals surface area contributed by atoms with Crippen LogP contribution in [0.3, 0.4) is 0 Å². The molecule has 0 atom stereocenters. The van der Waals surface area contributed by atoms with Crippen molar-refractivity contribution >= 4 is 44.9 Å². The second-order valence-corrected chi connectivity index (χ2v) is 8.73. The summed E-state index contributed by atoms with van der Waals surface area (Å²) in [6, 6.07) is 14.7. The zero-order valence-electron chi connectivity index (χ0n) is 15.3. The Morgan fingerprint density at radius 3 is 2.50 bits per heavy atom. The molecule has 152 valence electrons. The highest BCUT2D eigenvalue weighted by molar-refractivity contribution is 7.89. The van der Waals surface area contributed by atoms with E-state index in [0.717, 1.165) is 15.3 Å². The number of hydrogen-bond acceptors (Lipinski definition) is 9. The van der Waals surface area contributed by atoms with E-state index in [0.29, 0.717) is 10.6 Å². The highest BCUT2D eigenvalue weighted by atomic mass is 32.2. The second-order valence-electron chi connectivity index (χ2n) is 6.08. The molecule has 0 unspecified atom stereocenters. The van der Waals surface area contributed by atoms with Crippen molar-refractivity contribution in [3.05, 3.63) is 65.7 Å². The third-order valence-corrected chi connectivity index (χ3v) is 6.02. The summed E-state index contributed by atoms with van der Waals surface area (Å²) >= 11 is 1.27. The Morgan fingerprint density at radius 1 is 1.07 bits per heavy atom. The maximum Gasteiger partial charge on any atom is 0.291 e. The van der Waals surface area contributed by atoms with Crippen molar-refractivity contribution in [1.82, 2.24) is 19.7 Å². The lowest BCUT2D eigenvalue weighted by Crippen LogP contribution is -2.15. The van der Waals surface area contributed by atoms with E-state index in [4.69, 9.17) is 10.9 Å². The van der Waals surface area contributed by atoms with Gasteiger partial charge in [0.15, 0.2) is 0 Å². The third-order valence-electron chi connectivity index (χ3n) is 4.00. The van der Waals surface area contributed by atoms with Crippen LogP contribution in [0, 0.1) is 0 Å². The van der Waals surface area contributed by atoms with Crippen LogP contribution in [0.4, 0.5) is 17.6 Å². The molecule has 0 fully saturated rings. The quantitative estimate of drug-likeness (QED) is 0.424. The molecule has 3 aromatic heterocycles. The van der Waals surface area contributed by atoms with Gasteiger partial charge in [-0.05, 0) is 48.5 Å². The molecule has 0 saturated carbocycles. The summed E-state index contributed by atoms with van der Waals surface area (Å²) in [5.74, 6) is -0.424. The summed E-state index contributed by atoms with van der Waals surface area (Å²) in [4.78, 5) is 22.3. The van der Waals surface area contributed by atoms with E-state index < -0.39 is 15.9 Å². The minimum absolute atomic E-state index is 0.0253. The number of anilines is 3. The minimum atomic E-state index is -3.79. The Morgan fingerprint density at radius 2 is 1.83 bits per heavy atom. The molecule has 0 bridgehead atoms. The number of sulfonamides is 1. The fourth-order valence-electron chi connectivity index (χ4n) is 2.59. The molecule has 12 heteroatoms. The SMILES string of the molecule is Nc1nc(Nc2ccc(S(N)(=O)=O)cc2)nn1C(=O)c1ccc(-c2ccccn2)s1. The molecule has 3 heterocycles. The molecular weight excluding hydrogens is 426 g/mol. The smallest absolute Gasteiger partial charge is 0.291 e. The van der Waals surface area contributed by atoms with Crippen LogP contribution < -0.4 is 16.2 Å². The third kappa shape index (κ3) is 4.05. The first-order valence-corrected chi connectivity index (χ1v) is 10.9. The van der Waals surface area contributed by atoms with E-state index >= 15 is 0 Å². The fourth-order valence-corrected chi connectivity index (χ4v) is 4.01. The van der Waals surface area contributed by atoms with E-state index in [-0.39, 0.29) is 16.8 Å². The van der Waals surface area contributed by atoms with Gasteiger partial charge in [-0.25, -0.2) is 13.6 Å². The molecule has 0 aliphatic carbocycles. The fraction of sp³-hybridized carbons (Fsp3) is 0. The van der Waals surface area contributed by atoms with Gasteiger partial charge in [-0.3, -0.25) is 9.78 Å². The molecule has 0 saturated heterocycles. The zero-order chi connectivity index (χ0) is 21.3. The average Bonchev–Trinajstić information content (AvgIpc) is 3.35. The number of primary sulfonamides is 1. The molecule has 0 amide bonds. The Kier molecular flexibility index (Phi) is 5.03. The first-order valence-electron chi connectivity index (χ1n) is 8.49. The van der Waals surface area contributed by atoms with Crippen molar-refractivity contribution in [3.63, 3.8) is 0 Å². The van der Waals surface area contributed by atoms with Gasteiger partial charge >= 0.3 is 0 Å². The highest BCUT2D eigenvalue weighted by Crippen LogP contribution is 2.27. The summed E-state index contributed by atoms with van der Waals surface area (Å²) in [6.45, 7) is 0. The van der Waals surface area contributed by atoms with Crippen LogP contribution in [0.25, 0.3) is 10.6 Å². The average molecular weight is 441 g/mol. The Bertz CT molecular complexity index is 1310. The van der Waals surface area contributed by atoms with Crippen LogP contribution in [0.2, 0.25) is 0 Å². The summed E-state index contributed by atoms with van der Waals surface area (Å²) in [6.07, 6.45) is 1.68. The van der Waals surface area contributed by atoms with Gasteiger partial charge in [0.2, 0.25) is 21.9 Å². The Balaban J connectivity index is 1.54.